The highest BCUT2D eigenvalue weighted by molar-refractivity contribution is 5.85. The molecule has 0 radical (unpaired) electrons. The van der Waals surface area contributed by atoms with Crippen molar-refractivity contribution in [1.29, 1.82) is 0 Å². The third-order valence-electron chi connectivity index (χ3n) is 3.24. The lowest BCUT2D eigenvalue weighted by Gasteiger charge is -2.07. The zero-order valence-electron chi connectivity index (χ0n) is 12.5. The molecule has 1 heterocycles. The Balaban J connectivity index is 0.00000242. The number of hydrogen-bond donors (Lipinski definition) is 2. The predicted octanol–water partition coefficient (Wildman–Crippen LogP) is 0.934. The molecule has 1 amide bonds. The number of nitrogens with one attached hydrogen (secondary N) is 2. The Labute approximate surface area is 135 Å². The molecule has 0 bridgehead atoms. The molecule has 6 nitrogen and oxygen atoms in total. The van der Waals surface area contributed by atoms with Gasteiger partial charge in [0.05, 0.1) is 17.2 Å². The maximum atomic E-state index is 12.2. The third-order valence-corrected chi connectivity index (χ3v) is 3.24. The lowest BCUT2D eigenvalue weighted by atomic mass is 10.2. The average molecular weight is 325 g/mol. The standard InChI is InChI=1S/C15H20N4O2.ClH/c1-16-8-4-9-17-14(20)7-10-19-11-18-13-6-3-2-5-12(13)15(19)21;/h2-3,5-6,11,16H,4,7-10H2,1H3,(H,17,20);1H. The first-order valence-electron chi connectivity index (χ1n) is 7.08. The summed E-state index contributed by atoms with van der Waals surface area (Å²) in [5.41, 5.74) is 0.568. The molecule has 2 N–H and O–H groups in total. The summed E-state index contributed by atoms with van der Waals surface area (Å²) >= 11 is 0. The van der Waals surface area contributed by atoms with E-state index in [-0.39, 0.29) is 30.3 Å². The number of rotatable bonds is 7. The van der Waals surface area contributed by atoms with E-state index in [1.807, 2.05) is 19.2 Å². The van der Waals surface area contributed by atoms with Crippen LogP contribution >= 0.6 is 12.4 Å². The Morgan fingerprint density at radius 3 is 2.82 bits per heavy atom. The molecule has 1 aromatic carbocycles. The fourth-order valence-corrected chi connectivity index (χ4v) is 2.07. The van der Waals surface area contributed by atoms with Crippen molar-refractivity contribution in [3.63, 3.8) is 0 Å². The maximum absolute atomic E-state index is 12.2. The topological polar surface area (TPSA) is 76.0 Å². The summed E-state index contributed by atoms with van der Waals surface area (Å²) in [4.78, 5) is 28.1. The minimum atomic E-state index is -0.108. The second-order valence-corrected chi connectivity index (χ2v) is 4.82. The van der Waals surface area contributed by atoms with Crippen molar-refractivity contribution >= 4 is 29.2 Å². The molecule has 0 atom stereocenters. The van der Waals surface area contributed by atoms with E-state index in [0.29, 0.717) is 24.0 Å². The number of halogens is 1. The Hall–Kier alpha value is -1.92. The van der Waals surface area contributed by atoms with E-state index < -0.39 is 0 Å². The predicted molar refractivity (Wildman–Crippen MR) is 89.4 cm³/mol. The number of carbonyl (C=O) groups is 1. The summed E-state index contributed by atoms with van der Waals surface area (Å²) in [7, 11) is 1.88. The molecule has 2 aromatic rings. The summed E-state index contributed by atoms with van der Waals surface area (Å²) < 4.78 is 1.48. The first kappa shape index (κ1) is 18.1. The number of aryl methyl sites for hydroxylation is 1. The molecule has 0 aliphatic rings. The van der Waals surface area contributed by atoms with Gasteiger partial charge in [-0.05, 0) is 32.1 Å². The smallest absolute Gasteiger partial charge is 0.261 e. The van der Waals surface area contributed by atoms with Gasteiger partial charge in [-0.3, -0.25) is 14.2 Å². The van der Waals surface area contributed by atoms with Crippen LogP contribution in [0.5, 0.6) is 0 Å². The van der Waals surface area contributed by atoms with Crippen molar-refractivity contribution in [3.8, 4) is 0 Å². The van der Waals surface area contributed by atoms with Gasteiger partial charge in [-0.15, -0.1) is 12.4 Å². The van der Waals surface area contributed by atoms with Crippen molar-refractivity contribution in [2.24, 2.45) is 0 Å². The van der Waals surface area contributed by atoms with Crippen molar-refractivity contribution in [2.75, 3.05) is 20.1 Å². The molecule has 2 rings (SSSR count). The fraction of sp³-hybridized carbons (Fsp3) is 0.400. The summed E-state index contributed by atoms with van der Waals surface area (Å²) in [5.74, 6) is -0.0499. The quantitative estimate of drug-likeness (QED) is 0.743. The number of nitrogens with zero attached hydrogens (tertiary/aromatic N) is 2. The highest BCUT2D eigenvalue weighted by atomic mass is 35.5. The normalized spacial score (nSPS) is 10.2. The number of hydrogen-bond acceptors (Lipinski definition) is 4. The van der Waals surface area contributed by atoms with Crippen LogP contribution in [0.1, 0.15) is 12.8 Å². The molecule has 0 aliphatic heterocycles. The van der Waals surface area contributed by atoms with Gasteiger partial charge in [-0.1, -0.05) is 12.1 Å². The van der Waals surface area contributed by atoms with Crippen LogP contribution in [0.15, 0.2) is 35.4 Å². The summed E-state index contributed by atoms with van der Waals surface area (Å²) in [5, 5.41) is 6.43. The van der Waals surface area contributed by atoms with Crippen molar-refractivity contribution in [1.82, 2.24) is 20.2 Å². The van der Waals surface area contributed by atoms with Crippen LogP contribution in [0, 0.1) is 0 Å². The van der Waals surface area contributed by atoms with E-state index in [1.165, 1.54) is 10.9 Å². The summed E-state index contributed by atoms with van der Waals surface area (Å²) in [6.07, 6.45) is 2.66. The molecule has 0 spiro atoms. The largest absolute Gasteiger partial charge is 0.356 e. The second-order valence-electron chi connectivity index (χ2n) is 4.82. The van der Waals surface area contributed by atoms with Gasteiger partial charge in [-0.2, -0.15) is 0 Å². The molecule has 0 saturated heterocycles. The van der Waals surface area contributed by atoms with E-state index in [9.17, 15) is 9.59 Å². The number of fused-ring (bicyclic) bond motifs is 1. The number of para-hydroxylation sites is 1. The summed E-state index contributed by atoms with van der Waals surface area (Å²) in [6.45, 7) is 1.85. The Morgan fingerprint density at radius 2 is 2.05 bits per heavy atom. The highest BCUT2D eigenvalue weighted by Crippen LogP contribution is 2.04. The van der Waals surface area contributed by atoms with Crippen LogP contribution in [0.4, 0.5) is 0 Å². The van der Waals surface area contributed by atoms with Crippen LogP contribution < -0.4 is 16.2 Å². The van der Waals surface area contributed by atoms with Gasteiger partial charge in [0, 0.05) is 19.5 Å². The van der Waals surface area contributed by atoms with Gasteiger partial charge < -0.3 is 10.6 Å². The van der Waals surface area contributed by atoms with Gasteiger partial charge in [-0.25, -0.2) is 4.98 Å². The maximum Gasteiger partial charge on any atom is 0.261 e. The lowest BCUT2D eigenvalue weighted by molar-refractivity contribution is -0.121. The SMILES string of the molecule is CNCCCNC(=O)CCn1cnc2ccccc2c1=O.Cl. The van der Waals surface area contributed by atoms with E-state index in [0.717, 1.165) is 13.0 Å². The van der Waals surface area contributed by atoms with Crippen LogP contribution in [-0.4, -0.2) is 35.6 Å². The molecule has 120 valence electrons. The zero-order chi connectivity index (χ0) is 15.1. The second kappa shape index (κ2) is 9.17. The van der Waals surface area contributed by atoms with Gasteiger partial charge in [0.1, 0.15) is 0 Å². The van der Waals surface area contributed by atoms with Crippen molar-refractivity contribution < 1.29 is 4.79 Å². The van der Waals surface area contributed by atoms with Crippen LogP contribution in [0.3, 0.4) is 0 Å². The Kier molecular flexibility index (Phi) is 7.56. The molecule has 0 aliphatic carbocycles. The lowest BCUT2D eigenvalue weighted by Crippen LogP contribution is -2.29. The van der Waals surface area contributed by atoms with E-state index in [1.54, 1.807) is 12.1 Å². The van der Waals surface area contributed by atoms with Gasteiger partial charge in [0.15, 0.2) is 0 Å². The van der Waals surface area contributed by atoms with Gasteiger partial charge in [0.25, 0.3) is 5.56 Å². The van der Waals surface area contributed by atoms with E-state index in [2.05, 4.69) is 15.6 Å². The molecule has 0 unspecified atom stereocenters. The number of aromatic nitrogens is 2. The molecule has 1 aromatic heterocycles. The minimum Gasteiger partial charge on any atom is -0.356 e. The van der Waals surface area contributed by atoms with Gasteiger partial charge >= 0.3 is 0 Å². The molecule has 0 saturated carbocycles. The van der Waals surface area contributed by atoms with E-state index in [4.69, 9.17) is 0 Å². The zero-order valence-corrected chi connectivity index (χ0v) is 13.4. The van der Waals surface area contributed by atoms with Crippen LogP contribution in [0.2, 0.25) is 0 Å². The first-order valence-corrected chi connectivity index (χ1v) is 7.08. The average Bonchev–Trinajstić information content (AvgIpc) is 2.51. The molecular formula is C15H21ClN4O2. The van der Waals surface area contributed by atoms with Crippen LogP contribution in [0.25, 0.3) is 10.9 Å². The molecule has 22 heavy (non-hydrogen) atoms. The van der Waals surface area contributed by atoms with E-state index >= 15 is 0 Å². The summed E-state index contributed by atoms with van der Waals surface area (Å²) in [6, 6.07) is 7.20. The van der Waals surface area contributed by atoms with Crippen LogP contribution in [-0.2, 0) is 11.3 Å². The molecule has 0 fully saturated rings. The Bertz CT molecular complexity index is 672. The fourth-order valence-electron chi connectivity index (χ4n) is 2.07. The number of benzene rings is 1. The third kappa shape index (κ3) is 4.82. The van der Waals surface area contributed by atoms with Crippen molar-refractivity contribution in [2.45, 2.75) is 19.4 Å². The molecular weight excluding hydrogens is 304 g/mol. The number of amides is 1. The molecule has 7 heteroatoms. The van der Waals surface area contributed by atoms with Gasteiger partial charge in [0.2, 0.25) is 5.91 Å². The Morgan fingerprint density at radius 1 is 1.27 bits per heavy atom. The van der Waals surface area contributed by atoms with Crippen molar-refractivity contribution in [3.05, 3.63) is 40.9 Å². The highest BCUT2D eigenvalue weighted by Gasteiger charge is 2.05. The minimum absolute atomic E-state index is 0. The monoisotopic (exact) mass is 324 g/mol. The number of carbonyl (C=O) groups excluding carboxylic acids is 1. The first-order chi connectivity index (χ1) is 10.2.